The summed E-state index contributed by atoms with van der Waals surface area (Å²) in [6.45, 7) is 4.50. The molecule has 112 valence electrons. The van der Waals surface area contributed by atoms with Crippen molar-refractivity contribution in [3.8, 4) is 6.01 Å². The maximum atomic E-state index is 13.3. The van der Waals surface area contributed by atoms with Crippen LogP contribution in [-0.4, -0.2) is 28.6 Å². The van der Waals surface area contributed by atoms with Gasteiger partial charge in [0.2, 0.25) is 11.9 Å². The average Bonchev–Trinajstić information content (AvgIpc) is 2.48. The lowest BCUT2D eigenvalue weighted by Crippen LogP contribution is -2.09. The van der Waals surface area contributed by atoms with Crippen molar-refractivity contribution in [2.75, 3.05) is 24.3 Å². The summed E-state index contributed by atoms with van der Waals surface area (Å²) in [5.41, 5.74) is 1.24. The molecule has 0 aliphatic heterocycles. The Hall–Kier alpha value is -2.44. The molecule has 0 fully saturated rings. The molecule has 0 aliphatic rings. The lowest BCUT2D eigenvalue weighted by molar-refractivity contribution is 0.379. The molecule has 0 unspecified atom stereocenters. The zero-order valence-electron chi connectivity index (χ0n) is 12.3. The normalized spacial score (nSPS) is 10.3. The summed E-state index contributed by atoms with van der Waals surface area (Å²) in [6, 6.07) is 4.92. The Bertz CT molecular complexity index is 620. The van der Waals surface area contributed by atoms with Gasteiger partial charge < -0.3 is 15.4 Å². The third-order valence-corrected chi connectivity index (χ3v) is 2.74. The molecule has 0 amide bonds. The summed E-state index contributed by atoms with van der Waals surface area (Å²) < 4.78 is 18.3. The Morgan fingerprint density at radius 3 is 2.62 bits per heavy atom. The van der Waals surface area contributed by atoms with E-state index in [-0.39, 0.29) is 11.8 Å². The fourth-order valence-electron chi connectivity index (χ4n) is 1.67. The van der Waals surface area contributed by atoms with Crippen LogP contribution in [0.5, 0.6) is 6.01 Å². The molecular weight excluding hydrogens is 273 g/mol. The van der Waals surface area contributed by atoms with E-state index in [0.717, 1.165) is 13.0 Å². The number of nitrogens with one attached hydrogen (secondary N) is 2. The third-order valence-electron chi connectivity index (χ3n) is 2.74. The molecule has 0 radical (unpaired) electrons. The van der Waals surface area contributed by atoms with Crippen LogP contribution in [0.2, 0.25) is 0 Å². The van der Waals surface area contributed by atoms with E-state index in [9.17, 15) is 4.39 Å². The van der Waals surface area contributed by atoms with Gasteiger partial charge in [-0.25, -0.2) is 4.39 Å². The Morgan fingerprint density at radius 1 is 1.19 bits per heavy atom. The minimum absolute atomic E-state index is 0.213. The van der Waals surface area contributed by atoms with Gasteiger partial charge in [-0.15, -0.1) is 0 Å². The van der Waals surface area contributed by atoms with Crippen molar-refractivity contribution in [3.05, 3.63) is 29.6 Å². The summed E-state index contributed by atoms with van der Waals surface area (Å²) >= 11 is 0. The van der Waals surface area contributed by atoms with Crippen LogP contribution in [0.15, 0.2) is 18.2 Å². The van der Waals surface area contributed by atoms with Gasteiger partial charge in [0.1, 0.15) is 5.82 Å². The molecule has 0 saturated carbocycles. The van der Waals surface area contributed by atoms with Crippen molar-refractivity contribution in [1.82, 2.24) is 15.0 Å². The fraction of sp³-hybridized carbons (Fsp3) is 0.357. The highest BCUT2D eigenvalue weighted by Crippen LogP contribution is 2.19. The number of hydrogen-bond acceptors (Lipinski definition) is 6. The van der Waals surface area contributed by atoms with Gasteiger partial charge in [0.15, 0.2) is 0 Å². The second-order valence-electron chi connectivity index (χ2n) is 4.49. The van der Waals surface area contributed by atoms with Gasteiger partial charge in [-0.2, -0.15) is 15.0 Å². The Kier molecular flexibility index (Phi) is 4.86. The van der Waals surface area contributed by atoms with Gasteiger partial charge in [0.25, 0.3) is 0 Å². The zero-order valence-corrected chi connectivity index (χ0v) is 12.3. The quantitative estimate of drug-likeness (QED) is 0.852. The predicted octanol–water partition coefficient (Wildman–Crippen LogP) is 2.89. The first-order chi connectivity index (χ1) is 10.1. The van der Waals surface area contributed by atoms with Gasteiger partial charge in [-0.3, -0.25) is 0 Å². The summed E-state index contributed by atoms with van der Waals surface area (Å²) in [7, 11) is 1.49. The van der Waals surface area contributed by atoms with Crippen molar-refractivity contribution in [2.24, 2.45) is 0 Å². The van der Waals surface area contributed by atoms with E-state index in [1.165, 1.54) is 13.2 Å². The first kappa shape index (κ1) is 15.0. The van der Waals surface area contributed by atoms with Crippen molar-refractivity contribution >= 4 is 17.6 Å². The van der Waals surface area contributed by atoms with Crippen LogP contribution in [0.3, 0.4) is 0 Å². The number of hydrogen-bond donors (Lipinski definition) is 2. The van der Waals surface area contributed by atoms with Crippen LogP contribution >= 0.6 is 0 Å². The van der Waals surface area contributed by atoms with Crippen molar-refractivity contribution < 1.29 is 9.13 Å². The molecule has 6 nitrogen and oxygen atoms in total. The van der Waals surface area contributed by atoms with E-state index >= 15 is 0 Å². The highest BCUT2D eigenvalue weighted by Gasteiger charge is 2.07. The summed E-state index contributed by atoms with van der Waals surface area (Å²) in [4.78, 5) is 12.5. The lowest BCUT2D eigenvalue weighted by Gasteiger charge is -2.09. The van der Waals surface area contributed by atoms with Crippen molar-refractivity contribution in [2.45, 2.75) is 20.3 Å². The molecule has 0 saturated heterocycles. The van der Waals surface area contributed by atoms with Crippen LogP contribution in [0, 0.1) is 12.7 Å². The average molecular weight is 291 g/mol. The van der Waals surface area contributed by atoms with Gasteiger partial charge in [0, 0.05) is 12.2 Å². The summed E-state index contributed by atoms with van der Waals surface area (Å²) in [5, 5.41) is 6.09. The number of methoxy groups -OCH3 is 1. The molecule has 0 spiro atoms. The van der Waals surface area contributed by atoms with Crippen molar-refractivity contribution in [1.29, 1.82) is 0 Å². The second kappa shape index (κ2) is 6.83. The second-order valence-corrected chi connectivity index (χ2v) is 4.49. The minimum Gasteiger partial charge on any atom is -0.467 e. The van der Waals surface area contributed by atoms with Crippen LogP contribution in [0.25, 0.3) is 0 Å². The molecule has 0 bridgehead atoms. The number of rotatable bonds is 6. The smallest absolute Gasteiger partial charge is 0.322 e. The van der Waals surface area contributed by atoms with Gasteiger partial charge in [-0.05, 0) is 37.1 Å². The largest absolute Gasteiger partial charge is 0.467 e. The lowest BCUT2D eigenvalue weighted by atomic mass is 10.2. The molecule has 1 aromatic heterocycles. The Balaban J connectivity index is 2.23. The number of aromatic nitrogens is 3. The topological polar surface area (TPSA) is 72.0 Å². The van der Waals surface area contributed by atoms with E-state index in [0.29, 0.717) is 23.1 Å². The van der Waals surface area contributed by atoms with E-state index in [2.05, 4.69) is 25.6 Å². The number of ether oxygens (including phenoxy) is 1. The Morgan fingerprint density at radius 2 is 1.95 bits per heavy atom. The molecule has 1 aromatic carbocycles. The van der Waals surface area contributed by atoms with Crippen molar-refractivity contribution in [3.63, 3.8) is 0 Å². The number of nitrogens with zero attached hydrogens (tertiary/aromatic N) is 3. The number of halogens is 1. The standard InChI is InChI=1S/C14H18FN5O/c1-4-7-16-12-18-13(20-14(19-12)21-3)17-10-5-6-11(15)9(2)8-10/h5-6,8H,4,7H2,1-3H3,(H2,16,17,18,19,20). The first-order valence-electron chi connectivity index (χ1n) is 6.69. The molecule has 2 N–H and O–H groups in total. The third kappa shape index (κ3) is 4.01. The van der Waals surface area contributed by atoms with Gasteiger partial charge in [0.05, 0.1) is 7.11 Å². The van der Waals surface area contributed by atoms with Gasteiger partial charge in [-0.1, -0.05) is 6.92 Å². The van der Waals surface area contributed by atoms with Crippen LogP contribution in [-0.2, 0) is 0 Å². The maximum absolute atomic E-state index is 13.3. The van der Waals surface area contributed by atoms with Crippen LogP contribution in [0.1, 0.15) is 18.9 Å². The summed E-state index contributed by atoms with van der Waals surface area (Å²) in [5.74, 6) is 0.524. The summed E-state index contributed by atoms with van der Waals surface area (Å²) in [6.07, 6.45) is 0.952. The molecule has 21 heavy (non-hydrogen) atoms. The van der Waals surface area contributed by atoms with E-state index in [4.69, 9.17) is 4.74 Å². The number of anilines is 3. The van der Waals surface area contributed by atoms with Gasteiger partial charge >= 0.3 is 6.01 Å². The monoisotopic (exact) mass is 291 g/mol. The highest BCUT2D eigenvalue weighted by atomic mass is 19.1. The molecule has 2 rings (SSSR count). The van der Waals surface area contributed by atoms with Crippen LogP contribution in [0.4, 0.5) is 22.0 Å². The fourth-order valence-corrected chi connectivity index (χ4v) is 1.67. The Labute approximate surface area is 122 Å². The molecule has 1 heterocycles. The van der Waals surface area contributed by atoms with Crippen LogP contribution < -0.4 is 15.4 Å². The number of benzene rings is 1. The zero-order chi connectivity index (χ0) is 15.2. The maximum Gasteiger partial charge on any atom is 0.322 e. The number of aryl methyl sites for hydroxylation is 1. The van der Waals surface area contributed by atoms with E-state index in [1.54, 1.807) is 19.1 Å². The molecule has 0 aliphatic carbocycles. The molecule has 0 atom stereocenters. The SMILES string of the molecule is CCCNc1nc(Nc2ccc(F)c(C)c2)nc(OC)n1. The molecule has 2 aromatic rings. The molecule has 7 heteroatoms. The van der Waals surface area contributed by atoms with E-state index < -0.39 is 0 Å². The minimum atomic E-state index is -0.251. The molecular formula is C14H18FN5O. The van der Waals surface area contributed by atoms with E-state index in [1.807, 2.05) is 6.92 Å². The predicted molar refractivity (Wildman–Crippen MR) is 79.6 cm³/mol. The highest BCUT2D eigenvalue weighted by molar-refractivity contribution is 5.55. The first-order valence-corrected chi connectivity index (χ1v) is 6.69.